The number of nitrogens with zero attached hydrogens (tertiary/aromatic N) is 2. The third kappa shape index (κ3) is 4.55. The van der Waals surface area contributed by atoms with Gasteiger partial charge in [-0.3, -0.25) is 14.2 Å². The molecule has 3 aromatic rings. The SMILES string of the molecule is N#CC1CCC(C(=O)O)c2c1c(O)cn(-c1ccc(-c3cccc(OC(F)(F)F)c3)cc1F)c2=O. The van der Waals surface area contributed by atoms with Crippen LogP contribution in [0.1, 0.15) is 35.8 Å². The number of aromatic nitrogens is 1. The Balaban J connectivity index is 1.80. The molecule has 1 aliphatic rings. The lowest BCUT2D eigenvalue weighted by Gasteiger charge is -2.26. The molecule has 1 aliphatic carbocycles. The summed E-state index contributed by atoms with van der Waals surface area (Å²) in [7, 11) is 0. The number of ether oxygens (including phenoxy) is 1. The van der Waals surface area contributed by atoms with Gasteiger partial charge >= 0.3 is 12.3 Å². The summed E-state index contributed by atoms with van der Waals surface area (Å²) in [6.07, 6.45) is -3.85. The van der Waals surface area contributed by atoms with E-state index in [1.54, 1.807) is 0 Å². The van der Waals surface area contributed by atoms with Crippen molar-refractivity contribution in [3.05, 3.63) is 76.0 Å². The van der Waals surface area contributed by atoms with Crippen molar-refractivity contribution in [2.45, 2.75) is 31.0 Å². The van der Waals surface area contributed by atoms with Gasteiger partial charge in [-0.15, -0.1) is 13.2 Å². The van der Waals surface area contributed by atoms with Gasteiger partial charge in [-0.1, -0.05) is 18.2 Å². The lowest BCUT2D eigenvalue weighted by molar-refractivity contribution is -0.274. The molecule has 1 heterocycles. The Hall–Kier alpha value is -4.33. The van der Waals surface area contributed by atoms with E-state index in [1.807, 2.05) is 6.07 Å². The zero-order valence-electron chi connectivity index (χ0n) is 17.7. The fourth-order valence-electron chi connectivity index (χ4n) is 4.27. The van der Waals surface area contributed by atoms with Crippen molar-refractivity contribution in [1.29, 1.82) is 5.26 Å². The molecular weight excluding hydrogens is 472 g/mol. The first kappa shape index (κ1) is 23.8. The molecule has 180 valence electrons. The summed E-state index contributed by atoms with van der Waals surface area (Å²) in [5, 5.41) is 29.5. The zero-order chi connectivity index (χ0) is 25.5. The van der Waals surface area contributed by atoms with E-state index in [-0.39, 0.29) is 40.8 Å². The molecule has 7 nitrogen and oxygen atoms in total. The molecule has 2 N–H and O–H groups in total. The number of nitriles is 1. The maximum atomic E-state index is 15.1. The Morgan fingerprint density at radius 3 is 2.46 bits per heavy atom. The van der Waals surface area contributed by atoms with Gasteiger partial charge < -0.3 is 14.9 Å². The van der Waals surface area contributed by atoms with Gasteiger partial charge in [0.05, 0.1) is 29.8 Å². The van der Waals surface area contributed by atoms with Crippen LogP contribution in [0.5, 0.6) is 11.5 Å². The van der Waals surface area contributed by atoms with Crippen LogP contribution < -0.4 is 10.3 Å². The Labute approximate surface area is 195 Å². The highest BCUT2D eigenvalue weighted by Crippen LogP contribution is 2.41. The number of hydrogen-bond acceptors (Lipinski definition) is 5. The summed E-state index contributed by atoms with van der Waals surface area (Å²) in [4.78, 5) is 25.0. The first-order valence-corrected chi connectivity index (χ1v) is 10.3. The molecule has 0 bridgehead atoms. The summed E-state index contributed by atoms with van der Waals surface area (Å²) in [6.45, 7) is 0. The smallest absolute Gasteiger partial charge is 0.506 e. The maximum absolute atomic E-state index is 15.1. The molecule has 0 fully saturated rings. The minimum atomic E-state index is -4.90. The molecule has 0 radical (unpaired) electrons. The van der Waals surface area contributed by atoms with Crippen LogP contribution in [0.15, 0.2) is 53.5 Å². The van der Waals surface area contributed by atoms with E-state index in [2.05, 4.69) is 4.74 Å². The average molecular weight is 488 g/mol. The number of carboxylic acids is 1. The fourth-order valence-corrected chi connectivity index (χ4v) is 4.27. The monoisotopic (exact) mass is 488 g/mol. The molecule has 0 saturated heterocycles. The number of fused-ring (bicyclic) bond motifs is 1. The number of halogens is 4. The highest BCUT2D eigenvalue weighted by Gasteiger charge is 2.37. The quantitative estimate of drug-likeness (QED) is 0.510. The molecule has 0 saturated carbocycles. The number of benzene rings is 2. The number of rotatable bonds is 4. The summed E-state index contributed by atoms with van der Waals surface area (Å²) in [5.74, 6) is -5.44. The van der Waals surface area contributed by atoms with Crippen LogP contribution in [-0.2, 0) is 4.79 Å². The van der Waals surface area contributed by atoms with Crippen molar-refractivity contribution >= 4 is 5.97 Å². The molecule has 11 heteroatoms. The molecular formula is C24H16F4N2O5. The number of pyridine rings is 1. The Bertz CT molecular complexity index is 1420. The van der Waals surface area contributed by atoms with E-state index < -0.39 is 47.0 Å². The summed E-state index contributed by atoms with van der Waals surface area (Å²) in [6, 6.07) is 10.3. The van der Waals surface area contributed by atoms with Gasteiger partial charge in [0.1, 0.15) is 17.3 Å². The molecule has 2 unspecified atom stereocenters. The first-order valence-electron chi connectivity index (χ1n) is 10.3. The summed E-state index contributed by atoms with van der Waals surface area (Å²) in [5.41, 5.74) is -1.18. The minimum absolute atomic E-state index is 0.00297. The van der Waals surface area contributed by atoms with Crippen LogP contribution in [-0.4, -0.2) is 27.1 Å². The van der Waals surface area contributed by atoms with Crippen LogP contribution >= 0.6 is 0 Å². The third-order valence-electron chi connectivity index (χ3n) is 5.77. The molecule has 0 amide bonds. The molecule has 0 aliphatic heterocycles. The second kappa shape index (κ2) is 8.79. The van der Waals surface area contributed by atoms with E-state index >= 15 is 4.39 Å². The lowest BCUT2D eigenvalue weighted by Crippen LogP contribution is -2.32. The van der Waals surface area contributed by atoms with E-state index in [9.17, 15) is 38.2 Å². The average Bonchev–Trinajstić information content (AvgIpc) is 2.79. The van der Waals surface area contributed by atoms with Crippen molar-refractivity contribution in [3.8, 4) is 34.4 Å². The lowest BCUT2D eigenvalue weighted by atomic mass is 9.77. The van der Waals surface area contributed by atoms with Gasteiger partial charge in [0.2, 0.25) is 0 Å². The summed E-state index contributed by atoms with van der Waals surface area (Å²) < 4.78 is 57.3. The predicted octanol–water partition coefficient (Wildman–Crippen LogP) is 4.82. The van der Waals surface area contributed by atoms with Crippen LogP contribution in [0.2, 0.25) is 0 Å². The van der Waals surface area contributed by atoms with Crippen molar-refractivity contribution in [3.63, 3.8) is 0 Å². The molecule has 0 spiro atoms. The van der Waals surface area contributed by atoms with E-state index in [0.717, 1.165) is 29.0 Å². The number of hydrogen-bond donors (Lipinski definition) is 2. The number of aliphatic carboxylic acids is 1. The van der Waals surface area contributed by atoms with Crippen molar-refractivity contribution in [1.82, 2.24) is 4.57 Å². The standard InChI is InChI=1S/C24H16F4N2O5/c25-17-9-13(12-2-1-3-15(8-12)35-24(26,27)28)5-7-18(17)30-11-19(31)20-14(10-29)4-6-16(23(33)34)21(20)22(30)32/h1-3,5,7-9,11,14,16,31H,4,6H2,(H,33,34). The first-order chi connectivity index (χ1) is 16.5. The van der Waals surface area contributed by atoms with Crippen LogP contribution in [0.3, 0.4) is 0 Å². The molecule has 4 rings (SSSR count). The van der Waals surface area contributed by atoms with Crippen molar-refractivity contribution in [2.75, 3.05) is 0 Å². The van der Waals surface area contributed by atoms with Gasteiger partial charge in [-0.2, -0.15) is 5.26 Å². The Morgan fingerprint density at radius 2 is 1.83 bits per heavy atom. The van der Waals surface area contributed by atoms with Gasteiger partial charge in [0.15, 0.2) is 0 Å². The molecule has 35 heavy (non-hydrogen) atoms. The summed E-state index contributed by atoms with van der Waals surface area (Å²) >= 11 is 0. The normalized spacial score (nSPS) is 17.3. The fraction of sp³-hybridized carbons (Fsp3) is 0.208. The minimum Gasteiger partial charge on any atom is -0.506 e. The molecule has 2 atom stereocenters. The topological polar surface area (TPSA) is 113 Å². The van der Waals surface area contributed by atoms with Gasteiger partial charge in [0, 0.05) is 11.1 Å². The number of carbonyl (C=O) groups is 1. The van der Waals surface area contributed by atoms with Crippen molar-refractivity contribution in [2.24, 2.45) is 0 Å². The largest absolute Gasteiger partial charge is 0.573 e. The van der Waals surface area contributed by atoms with Crippen LogP contribution in [0.25, 0.3) is 16.8 Å². The van der Waals surface area contributed by atoms with Crippen LogP contribution in [0.4, 0.5) is 17.6 Å². The van der Waals surface area contributed by atoms with E-state index in [4.69, 9.17) is 0 Å². The van der Waals surface area contributed by atoms with Gasteiger partial charge in [-0.25, -0.2) is 4.39 Å². The Kier molecular flexibility index (Phi) is 5.98. The highest BCUT2D eigenvalue weighted by molar-refractivity contribution is 5.78. The Morgan fingerprint density at radius 1 is 1.11 bits per heavy atom. The maximum Gasteiger partial charge on any atom is 0.573 e. The number of carboxylic acid groups (broad SMARTS) is 1. The van der Waals surface area contributed by atoms with Gasteiger partial charge in [0.25, 0.3) is 5.56 Å². The molecule has 1 aromatic heterocycles. The highest BCUT2D eigenvalue weighted by atomic mass is 19.4. The third-order valence-corrected chi connectivity index (χ3v) is 5.77. The van der Waals surface area contributed by atoms with E-state index in [1.165, 1.54) is 24.3 Å². The number of alkyl halides is 3. The van der Waals surface area contributed by atoms with E-state index in [0.29, 0.717) is 0 Å². The second-order valence-electron chi connectivity index (χ2n) is 7.91. The van der Waals surface area contributed by atoms with Crippen molar-refractivity contribution < 1.29 is 37.3 Å². The van der Waals surface area contributed by atoms with Crippen LogP contribution in [0, 0.1) is 17.1 Å². The zero-order valence-corrected chi connectivity index (χ0v) is 17.7. The number of aromatic hydroxyl groups is 1. The van der Waals surface area contributed by atoms with Gasteiger partial charge in [-0.05, 0) is 48.2 Å². The molecule has 2 aromatic carbocycles. The predicted molar refractivity (Wildman–Crippen MR) is 114 cm³/mol. The second-order valence-corrected chi connectivity index (χ2v) is 7.91.